The van der Waals surface area contributed by atoms with Crippen LogP contribution in [0.25, 0.3) is 0 Å². The molecule has 4 atom stereocenters. The highest BCUT2D eigenvalue weighted by Crippen LogP contribution is 2.27. The van der Waals surface area contributed by atoms with Gasteiger partial charge in [-0.2, -0.15) is 0 Å². The molecule has 1 aromatic rings. The highest BCUT2D eigenvalue weighted by atomic mass is 16.6. The van der Waals surface area contributed by atoms with Crippen LogP contribution in [0, 0.1) is 5.92 Å². The number of allylic oxidation sites excluding steroid dienone is 3. The normalized spacial score (nSPS) is 28.7. The lowest BCUT2D eigenvalue weighted by atomic mass is 9.92. The molecule has 35 heavy (non-hydrogen) atoms. The minimum absolute atomic E-state index is 0.0154. The van der Waals surface area contributed by atoms with Crippen LogP contribution in [0.3, 0.4) is 0 Å². The highest BCUT2D eigenvalue weighted by molar-refractivity contribution is 6.03. The topological polar surface area (TPSA) is 120 Å². The van der Waals surface area contributed by atoms with E-state index in [2.05, 4.69) is 12.2 Å². The number of aromatic hydroxyl groups is 1. The van der Waals surface area contributed by atoms with Crippen molar-refractivity contribution in [1.82, 2.24) is 0 Å². The van der Waals surface area contributed by atoms with Crippen molar-refractivity contribution in [1.29, 1.82) is 0 Å². The summed E-state index contributed by atoms with van der Waals surface area (Å²) >= 11 is 0. The molecule has 2 bridgehead atoms. The Kier molecular flexibility index (Phi) is 11.0. The largest absolute Gasteiger partial charge is 0.508 e. The molecule has 0 saturated heterocycles. The van der Waals surface area contributed by atoms with Gasteiger partial charge in [-0.3, -0.25) is 4.79 Å². The molecule has 1 aromatic carbocycles. The van der Waals surface area contributed by atoms with Gasteiger partial charge >= 0.3 is 6.09 Å². The number of benzene rings is 1. The average Bonchev–Trinajstić information content (AvgIpc) is 2.81. The zero-order chi connectivity index (χ0) is 26.0. The third kappa shape index (κ3) is 8.88. The molecule has 1 aliphatic rings. The first-order chi connectivity index (χ1) is 16.6. The van der Waals surface area contributed by atoms with Crippen LogP contribution in [0.5, 0.6) is 5.75 Å². The zero-order valence-corrected chi connectivity index (χ0v) is 21.2. The first kappa shape index (κ1) is 28.1. The highest BCUT2D eigenvalue weighted by Gasteiger charge is 2.24. The van der Waals surface area contributed by atoms with Crippen molar-refractivity contribution in [2.75, 3.05) is 19.5 Å². The van der Waals surface area contributed by atoms with Gasteiger partial charge < -0.3 is 30.4 Å². The summed E-state index contributed by atoms with van der Waals surface area (Å²) in [6.45, 7) is 5.67. The fourth-order valence-electron chi connectivity index (χ4n) is 4.14. The van der Waals surface area contributed by atoms with Crippen LogP contribution in [0.2, 0.25) is 0 Å². The van der Waals surface area contributed by atoms with Crippen LogP contribution in [0.1, 0.15) is 45.6 Å². The minimum Gasteiger partial charge on any atom is -0.508 e. The first-order valence-corrected chi connectivity index (χ1v) is 11.8. The van der Waals surface area contributed by atoms with Gasteiger partial charge in [0.1, 0.15) is 11.9 Å². The van der Waals surface area contributed by atoms with Crippen LogP contribution >= 0.6 is 0 Å². The van der Waals surface area contributed by atoms with Gasteiger partial charge in [0, 0.05) is 25.5 Å². The number of nitrogens with two attached hydrogens (primary N) is 1. The van der Waals surface area contributed by atoms with Crippen molar-refractivity contribution >= 4 is 17.7 Å². The molecule has 8 heteroatoms. The number of primary amides is 1. The van der Waals surface area contributed by atoms with E-state index in [0.29, 0.717) is 24.1 Å². The smallest absolute Gasteiger partial charge is 0.405 e. The Morgan fingerprint density at radius 3 is 2.60 bits per heavy atom. The number of rotatable bonds is 3. The van der Waals surface area contributed by atoms with E-state index >= 15 is 0 Å². The molecule has 0 saturated carbocycles. The first-order valence-electron chi connectivity index (χ1n) is 11.8. The third-order valence-electron chi connectivity index (χ3n) is 6.13. The van der Waals surface area contributed by atoms with E-state index < -0.39 is 18.3 Å². The molecular weight excluding hydrogens is 448 g/mol. The number of phenols is 1. The Balaban J connectivity index is 2.41. The molecule has 1 heterocycles. The molecule has 8 nitrogen and oxygen atoms in total. The quantitative estimate of drug-likeness (QED) is 0.423. The molecule has 0 spiro atoms. The van der Waals surface area contributed by atoms with Crippen molar-refractivity contribution in [3.05, 3.63) is 59.2 Å². The molecular formula is C27H38N2O6. The summed E-state index contributed by atoms with van der Waals surface area (Å²) in [6, 6.07) is 5.08. The molecule has 2 amide bonds. The third-order valence-corrected chi connectivity index (χ3v) is 6.13. The second-order valence-corrected chi connectivity index (χ2v) is 9.02. The van der Waals surface area contributed by atoms with Crippen molar-refractivity contribution in [2.45, 2.75) is 64.8 Å². The van der Waals surface area contributed by atoms with E-state index in [1.807, 2.05) is 19.1 Å². The molecule has 1 aliphatic heterocycles. The average molecular weight is 487 g/mol. The van der Waals surface area contributed by atoms with E-state index in [4.69, 9.17) is 19.9 Å². The summed E-state index contributed by atoms with van der Waals surface area (Å²) in [6.07, 6.45) is 7.82. The Hall–Kier alpha value is -3.10. The van der Waals surface area contributed by atoms with Crippen LogP contribution in [-0.2, 0) is 25.4 Å². The van der Waals surface area contributed by atoms with Gasteiger partial charge in [0.25, 0.3) is 5.91 Å². The molecule has 3 unspecified atom stereocenters. The molecule has 0 aliphatic carbocycles. The van der Waals surface area contributed by atoms with Crippen LogP contribution in [0.4, 0.5) is 10.5 Å². The molecule has 192 valence electrons. The van der Waals surface area contributed by atoms with Gasteiger partial charge in [0.15, 0.2) is 6.10 Å². The summed E-state index contributed by atoms with van der Waals surface area (Å²) in [5.41, 5.74) is 7.97. The second-order valence-electron chi connectivity index (χ2n) is 9.02. The lowest BCUT2D eigenvalue weighted by Crippen LogP contribution is -2.34. The number of ether oxygens (including phenoxy) is 3. The summed E-state index contributed by atoms with van der Waals surface area (Å²) in [4.78, 5) is 24.2. The summed E-state index contributed by atoms with van der Waals surface area (Å²) in [5.74, 6) is 0.167. The van der Waals surface area contributed by atoms with Crippen molar-refractivity contribution in [2.24, 2.45) is 11.7 Å². The van der Waals surface area contributed by atoms with E-state index in [1.54, 1.807) is 44.4 Å². The number of carbonyl (C=O) groups is 2. The standard InChI is InChI=1S/C27H38N2O6/c1-17-14-20-16-21(12-13-23(20)30)29-26(31)19(3)9-7-11-24(34-5)25(35-27(28)32)18(2)8-6-10-22(15-17)33-4/h7-9,11-13,16-17,22,24-25,30H,6,10,14-15H2,1-5H3,(H2,28,32)(H,29,31)/b11-7-,18-8+,19-9+/t17-,22?,24?,25?/m1/s1. The molecule has 2 rings (SSSR count). The molecule has 0 aromatic heterocycles. The molecule has 0 fully saturated rings. The van der Waals surface area contributed by atoms with E-state index in [0.717, 1.165) is 24.0 Å². The number of nitrogens with one attached hydrogen (secondary N) is 1. The fraction of sp³-hybridized carbons (Fsp3) is 0.481. The number of phenolic OH excluding ortho intramolecular Hbond substituents is 1. The van der Waals surface area contributed by atoms with E-state index in [9.17, 15) is 14.7 Å². The summed E-state index contributed by atoms with van der Waals surface area (Å²) in [5, 5.41) is 13.2. The lowest BCUT2D eigenvalue weighted by molar-refractivity contribution is -0.112. The number of carbonyl (C=O) groups excluding carboxylic acids is 2. The zero-order valence-electron chi connectivity index (χ0n) is 21.2. The van der Waals surface area contributed by atoms with Gasteiger partial charge in [0.2, 0.25) is 0 Å². The van der Waals surface area contributed by atoms with Crippen LogP contribution < -0.4 is 11.1 Å². The fourth-order valence-corrected chi connectivity index (χ4v) is 4.14. The summed E-state index contributed by atoms with van der Waals surface area (Å²) < 4.78 is 16.6. The number of hydrogen-bond acceptors (Lipinski definition) is 6. The maximum absolute atomic E-state index is 12.7. The molecule has 0 radical (unpaired) electrons. The maximum Gasteiger partial charge on any atom is 0.405 e. The number of fused-ring (bicyclic) bond motifs is 2. The Morgan fingerprint density at radius 2 is 1.94 bits per heavy atom. The minimum atomic E-state index is -0.892. The Morgan fingerprint density at radius 1 is 1.20 bits per heavy atom. The Labute approximate surface area is 207 Å². The Bertz CT molecular complexity index is 968. The maximum atomic E-state index is 12.7. The van der Waals surface area contributed by atoms with Gasteiger partial charge in [0.05, 0.1) is 6.10 Å². The number of methoxy groups -OCH3 is 2. The van der Waals surface area contributed by atoms with Crippen molar-refractivity contribution < 1.29 is 28.9 Å². The van der Waals surface area contributed by atoms with Crippen LogP contribution in [-0.4, -0.2) is 49.6 Å². The second kappa shape index (κ2) is 13.7. The predicted octanol–water partition coefficient (Wildman–Crippen LogP) is 4.64. The van der Waals surface area contributed by atoms with Crippen molar-refractivity contribution in [3.8, 4) is 5.75 Å². The lowest BCUT2D eigenvalue weighted by Gasteiger charge is -2.24. The van der Waals surface area contributed by atoms with E-state index in [-0.39, 0.29) is 23.7 Å². The van der Waals surface area contributed by atoms with Crippen molar-refractivity contribution in [3.63, 3.8) is 0 Å². The SMILES string of the molecule is COC1CC/C=C(\C)C(OC(N)=O)C(OC)/C=C\C=C(/C)C(=O)Nc2ccc(O)c(c2)C[C@@H](C)C1. The van der Waals surface area contributed by atoms with E-state index in [1.165, 1.54) is 7.11 Å². The number of hydrogen-bond donors (Lipinski definition) is 3. The number of anilines is 1. The van der Waals surface area contributed by atoms with Gasteiger partial charge in [-0.1, -0.05) is 31.2 Å². The predicted molar refractivity (Wildman–Crippen MR) is 136 cm³/mol. The van der Waals surface area contributed by atoms with Gasteiger partial charge in [-0.05, 0) is 74.8 Å². The van der Waals surface area contributed by atoms with Gasteiger partial charge in [-0.15, -0.1) is 0 Å². The summed E-state index contributed by atoms with van der Waals surface area (Å²) in [7, 11) is 3.21. The monoisotopic (exact) mass is 486 g/mol. The van der Waals surface area contributed by atoms with Crippen LogP contribution in [0.15, 0.2) is 53.6 Å². The van der Waals surface area contributed by atoms with Gasteiger partial charge in [-0.25, -0.2) is 4.79 Å². The molecule has 4 N–H and O–H groups in total. The number of amides is 2.